The Morgan fingerprint density at radius 1 is 1.10 bits per heavy atom. The topological polar surface area (TPSA) is 75.3 Å². The summed E-state index contributed by atoms with van der Waals surface area (Å²) in [5, 5.41) is 3.39. The summed E-state index contributed by atoms with van der Waals surface area (Å²) in [7, 11) is 0. The molecule has 0 spiro atoms. The van der Waals surface area contributed by atoms with Crippen molar-refractivity contribution in [3.63, 3.8) is 0 Å². The Balaban J connectivity index is 1.48. The number of hydrogen-bond donors (Lipinski definition) is 3. The van der Waals surface area contributed by atoms with Crippen LogP contribution in [0.25, 0.3) is 11.3 Å². The largest absolute Gasteiger partial charge is 0.404 e. The first-order chi connectivity index (χ1) is 14.2. The van der Waals surface area contributed by atoms with E-state index in [2.05, 4.69) is 39.8 Å². The molecule has 0 atom stereocenters. The average Bonchev–Trinajstić information content (AvgIpc) is 3.25. The van der Waals surface area contributed by atoms with Crippen LogP contribution in [-0.4, -0.2) is 17.2 Å². The molecule has 2 aliphatic rings. The second-order valence-corrected chi connectivity index (χ2v) is 8.19. The van der Waals surface area contributed by atoms with E-state index in [-0.39, 0.29) is 0 Å². The van der Waals surface area contributed by atoms with E-state index in [1.54, 1.807) is 6.20 Å². The number of aliphatic imine (C=N–C) groups is 1. The van der Waals surface area contributed by atoms with Crippen LogP contribution >= 0.6 is 11.9 Å². The van der Waals surface area contributed by atoms with Gasteiger partial charge in [0.2, 0.25) is 0 Å². The molecule has 0 fully saturated rings. The quantitative estimate of drug-likeness (QED) is 0.578. The van der Waals surface area contributed by atoms with E-state index >= 15 is 0 Å². The highest BCUT2D eigenvalue weighted by molar-refractivity contribution is 8.02. The van der Waals surface area contributed by atoms with Gasteiger partial charge in [-0.05, 0) is 67.7 Å². The van der Waals surface area contributed by atoms with Crippen LogP contribution in [0.5, 0.6) is 0 Å². The predicted molar refractivity (Wildman–Crippen MR) is 124 cm³/mol. The molecular weight excluding hydrogens is 378 g/mol. The van der Waals surface area contributed by atoms with Crippen LogP contribution in [0.3, 0.4) is 0 Å². The summed E-state index contributed by atoms with van der Waals surface area (Å²) in [5.41, 5.74) is 11.7. The van der Waals surface area contributed by atoms with Crippen molar-refractivity contribution in [2.75, 3.05) is 11.9 Å². The minimum Gasteiger partial charge on any atom is -0.404 e. The van der Waals surface area contributed by atoms with E-state index in [0.29, 0.717) is 5.82 Å². The fourth-order valence-corrected chi connectivity index (χ4v) is 4.45. The number of aryl methyl sites for hydroxylation is 1. The highest BCUT2D eigenvalue weighted by atomic mass is 32.2. The molecule has 2 heterocycles. The minimum atomic E-state index is 0.692. The van der Waals surface area contributed by atoms with E-state index in [4.69, 9.17) is 10.7 Å². The molecule has 150 valence electrons. The molecule has 4 N–H and O–H groups in total. The molecule has 29 heavy (non-hydrogen) atoms. The zero-order valence-electron chi connectivity index (χ0n) is 16.6. The van der Waals surface area contributed by atoms with Crippen molar-refractivity contribution in [2.24, 2.45) is 10.7 Å². The second kappa shape index (κ2) is 9.18. The summed E-state index contributed by atoms with van der Waals surface area (Å²) in [6.45, 7) is 5.02. The molecule has 5 nitrogen and oxygen atoms in total. The molecule has 0 amide bonds. The number of nitrogens with one attached hydrogen (secondary N) is 2. The Morgan fingerprint density at radius 2 is 1.97 bits per heavy atom. The van der Waals surface area contributed by atoms with Crippen molar-refractivity contribution in [1.29, 1.82) is 0 Å². The fourth-order valence-electron chi connectivity index (χ4n) is 3.81. The van der Waals surface area contributed by atoms with Crippen LogP contribution in [0, 0.1) is 0 Å². The van der Waals surface area contributed by atoms with Crippen LogP contribution in [0.1, 0.15) is 36.8 Å². The molecule has 4 rings (SSSR count). The number of nitrogens with two attached hydrogens (primary N) is 1. The Bertz CT molecular complexity index is 949. The van der Waals surface area contributed by atoms with Crippen molar-refractivity contribution in [1.82, 2.24) is 9.71 Å². The molecule has 1 aliphatic carbocycles. The number of anilines is 1. The maximum Gasteiger partial charge on any atom is 0.135 e. The van der Waals surface area contributed by atoms with Crippen molar-refractivity contribution >= 4 is 23.5 Å². The number of nitrogens with zero attached hydrogens (tertiary/aromatic N) is 2. The normalized spacial score (nSPS) is 16.1. The maximum absolute atomic E-state index is 5.83. The third-order valence-electron chi connectivity index (χ3n) is 5.27. The highest BCUT2D eigenvalue weighted by Crippen LogP contribution is 2.32. The molecule has 2 aromatic rings. The highest BCUT2D eigenvalue weighted by Gasteiger charge is 2.19. The number of allylic oxidation sites excluding steroid dienone is 1. The number of pyridine rings is 1. The van der Waals surface area contributed by atoms with E-state index < -0.39 is 0 Å². The molecule has 6 heteroatoms. The van der Waals surface area contributed by atoms with E-state index in [1.807, 2.05) is 18.2 Å². The average molecular weight is 406 g/mol. The first-order valence-corrected chi connectivity index (χ1v) is 11.0. The number of hydrogen-bond acceptors (Lipinski definition) is 6. The molecular formula is C23H27N5S. The van der Waals surface area contributed by atoms with E-state index in [9.17, 15) is 0 Å². The second-order valence-electron chi connectivity index (χ2n) is 7.34. The van der Waals surface area contributed by atoms with Gasteiger partial charge in [-0.3, -0.25) is 4.99 Å². The summed E-state index contributed by atoms with van der Waals surface area (Å²) < 4.78 is 3.27. The van der Waals surface area contributed by atoms with Gasteiger partial charge >= 0.3 is 0 Å². The van der Waals surface area contributed by atoms with E-state index in [1.165, 1.54) is 29.5 Å². The monoisotopic (exact) mass is 405 g/mol. The molecule has 1 aliphatic heterocycles. The molecule has 1 aromatic carbocycles. The summed E-state index contributed by atoms with van der Waals surface area (Å²) in [6, 6.07) is 12.5. The van der Waals surface area contributed by atoms with Crippen LogP contribution in [0.15, 0.2) is 64.9 Å². The minimum absolute atomic E-state index is 0.692. The lowest BCUT2D eigenvalue weighted by atomic mass is 10.1. The molecule has 1 aromatic heterocycles. The molecule has 0 radical (unpaired) electrons. The lowest BCUT2D eigenvalue weighted by Crippen LogP contribution is -2.17. The standard InChI is InChI=1S/C23H27N5S/c1-16(28-29-22(15-24)20-12-5-6-13-25-20)26-23-19-11-7-10-18(19)14-21(27-23)17-8-3-2-4-9-17/h2-4,8-9,14-15,28H,1,5-7,10-13,24H2,(H,26,27). The van der Waals surface area contributed by atoms with E-state index in [0.717, 1.165) is 66.3 Å². The summed E-state index contributed by atoms with van der Waals surface area (Å²) in [6.07, 6.45) is 8.23. The van der Waals surface area contributed by atoms with Gasteiger partial charge in [0.15, 0.2) is 0 Å². The number of aromatic nitrogens is 1. The third kappa shape index (κ3) is 4.65. The van der Waals surface area contributed by atoms with Crippen LogP contribution in [0.4, 0.5) is 5.82 Å². The zero-order chi connectivity index (χ0) is 20.1. The summed E-state index contributed by atoms with van der Waals surface area (Å²) >= 11 is 1.45. The number of rotatable bonds is 7. The van der Waals surface area contributed by atoms with Gasteiger partial charge in [0, 0.05) is 18.3 Å². The van der Waals surface area contributed by atoms with Crippen LogP contribution in [0.2, 0.25) is 0 Å². The van der Waals surface area contributed by atoms with Gasteiger partial charge in [-0.2, -0.15) is 0 Å². The maximum atomic E-state index is 5.83. The summed E-state index contributed by atoms with van der Waals surface area (Å²) in [4.78, 5) is 10.5. The number of fused-ring (bicyclic) bond motifs is 1. The van der Waals surface area contributed by atoms with Gasteiger partial charge in [0.05, 0.1) is 16.3 Å². The number of benzene rings is 1. The Kier molecular flexibility index (Phi) is 6.20. The first kappa shape index (κ1) is 19.6. The summed E-state index contributed by atoms with van der Waals surface area (Å²) in [5.74, 6) is 1.59. The smallest absolute Gasteiger partial charge is 0.135 e. The zero-order valence-corrected chi connectivity index (χ0v) is 17.4. The van der Waals surface area contributed by atoms with Gasteiger partial charge < -0.3 is 15.8 Å². The predicted octanol–water partition coefficient (Wildman–Crippen LogP) is 4.78. The first-order valence-electron chi connectivity index (χ1n) is 10.2. The van der Waals surface area contributed by atoms with Gasteiger partial charge in [-0.15, -0.1) is 0 Å². The van der Waals surface area contributed by atoms with Gasteiger partial charge in [0.25, 0.3) is 0 Å². The third-order valence-corrected chi connectivity index (χ3v) is 6.21. The molecule has 0 unspecified atom stereocenters. The van der Waals surface area contributed by atoms with Gasteiger partial charge in [-0.1, -0.05) is 36.9 Å². The SMILES string of the molecule is C=C(NSC(=CN)C1=NCCCC1)Nc1nc(-c2ccccc2)cc2c1CCC2. The molecule has 0 bridgehead atoms. The molecule has 0 saturated heterocycles. The van der Waals surface area contributed by atoms with Crippen LogP contribution < -0.4 is 15.8 Å². The fraction of sp³-hybridized carbons (Fsp3) is 0.304. The van der Waals surface area contributed by atoms with Crippen molar-refractivity contribution in [3.8, 4) is 11.3 Å². The Morgan fingerprint density at radius 3 is 2.72 bits per heavy atom. The Labute approximate surface area is 176 Å². The van der Waals surface area contributed by atoms with Gasteiger partial charge in [0.1, 0.15) is 11.6 Å². The van der Waals surface area contributed by atoms with Crippen molar-refractivity contribution in [3.05, 3.63) is 71.0 Å². The Hall–Kier alpha value is -2.73. The lowest BCUT2D eigenvalue weighted by Gasteiger charge is -2.18. The lowest BCUT2D eigenvalue weighted by molar-refractivity contribution is 0.739. The van der Waals surface area contributed by atoms with Crippen molar-refractivity contribution < 1.29 is 0 Å². The molecule has 0 saturated carbocycles. The van der Waals surface area contributed by atoms with Crippen LogP contribution in [-0.2, 0) is 12.8 Å². The van der Waals surface area contributed by atoms with Crippen molar-refractivity contribution in [2.45, 2.75) is 38.5 Å². The van der Waals surface area contributed by atoms with Gasteiger partial charge in [-0.25, -0.2) is 4.98 Å².